The number of methoxy groups -OCH3 is 3. The number of ketones is 1. The number of benzene rings is 2. The van der Waals surface area contributed by atoms with Crippen molar-refractivity contribution in [1.29, 1.82) is 0 Å². The molecule has 1 aliphatic heterocycles. The van der Waals surface area contributed by atoms with E-state index in [0.29, 0.717) is 42.1 Å². The second kappa shape index (κ2) is 8.65. The highest BCUT2D eigenvalue weighted by Crippen LogP contribution is 2.46. The van der Waals surface area contributed by atoms with Gasteiger partial charge < -0.3 is 18.9 Å². The van der Waals surface area contributed by atoms with Crippen molar-refractivity contribution in [1.82, 2.24) is 0 Å². The van der Waals surface area contributed by atoms with E-state index < -0.39 is 6.09 Å². The molecule has 1 aliphatic rings. The first kappa shape index (κ1) is 19.5. The van der Waals surface area contributed by atoms with E-state index in [1.165, 1.54) is 26.2 Å². The standard InChI is InChI=1S/C21H23NO6/c1-25-17-12-15-18(20(27-3)19(17)26-2)16(23)10-7-11-22(15)21(24)28-13-14-8-5-4-6-9-14/h4-6,8-9,12H,7,10-11,13H2,1-3H3. The molecule has 0 fully saturated rings. The van der Waals surface area contributed by atoms with Gasteiger partial charge in [0.25, 0.3) is 0 Å². The fourth-order valence-electron chi connectivity index (χ4n) is 3.26. The van der Waals surface area contributed by atoms with Gasteiger partial charge in [-0.15, -0.1) is 0 Å². The van der Waals surface area contributed by atoms with Crippen LogP contribution in [0.1, 0.15) is 28.8 Å². The van der Waals surface area contributed by atoms with Crippen molar-refractivity contribution < 1.29 is 28.5 Å². The Labute approximate surface area is 163 Å². The number of amides is 1. The number of Topliss-reactive ketones (excluding diaryl/α,β-unsaturated/α-hetero) is 1. The van der Waals surface area contributed by atoms with Crippen LogP contribution in [0.15, 0.2) is 36.4 Å². The number of hydrogen-bond acceptors (Lipinski definition) is 6. The molecule has 0 aromatic heterocycles. The molecule has 3 rings (SSSR count). The zero-order valence-corrected chi connectivity index (χ0v) is 16.2. The molecule has 0 spiro atoms. The van der Waals surface area contributed by atoms with E-state index >= 15 is 0 Å². The highest BCUT2D eigenvalue weighted by molar-refractivity contribution is 6.09. The fourth-order valence-corrected chi connectivity index (χ4v) is 3.26. The first-order valence-corrected chi connectivity index (χ1v) is 8.95. The Hall–Kier alpha value is -3.22. The van der Waals surface area contributed by atoms with Gasteiger partial charge in [0.2, 0.25) is 5.75 Å². The molecule has 7 nitrogen and oxygen atoms in total. The normalized spacial score (nSPS) is 13.4. The first-order chi connectivity index (χ1) is 13.6. The summed E-state index contributed by atoms with van der Waals surface area (Å²) >= 11 is 0. The maximum absolute atomic E-state index is 12.8. The van der Waals surface area contributed by atoms with Crippen LogP contribution in [-0.4, -0.2) is 39.8 Å². The van der Waals surface area contributed by atoms with Gasteiger partial charge in [0.1, 0.15) is 6.61 Å². The number of fused-ring (bicyclic) bond motifs is 1. The Morgan fingerprint density at radius 2 is 1.75 bits per heavy atom. The summed E-state index contributed by atoms with van der Waals surface area (Å²) in [6.45, 7) is 0.495. The second-order valence-corrected chi connectivity index (χ2v) is 6.26. The summed E-state index contributed by atoms with van der Waals surface area (Å²) in [7, 11) is 4.41. The van der Waals surface area contributed by atoms with Gasteiger partial charge in [0.15, 0.2) is 17.3 Å². The molecule has 0 radical (unpaired) electrons. The third-order valence-corrected chi connectivity index (χ3v) is 4.59. The predicted octanol–water partition coefficient (Wildman–Crippen LogP) is 3.83. The third-order valence-electron chi connectivity index (χ3n) is 4.59. The average Bonchev–Trinajstić information content (AvgIpc) is 2.90. The lowest BCUT2D eigenvalue weighted by atomic mass is 10.0. The Morgan fingerprint density at radius 3 is 2.39 bits per heavy atom. The predicted molar refractivity (Wildman–Crippen MR) is 104 cm³/mol. The molecule has 28 heavy (non-hydrogen) atoms. The van der Waals surface area contributed by atoms with Crippen LogP contribution in [0.5, 0.6) is 17.2 Å². The van der Waals surface area contributed by atoms with Crippen molar-refractivity contribution >= 4 is 17.6 Å². The number of nitrogens with zero attached hydrogens (tertiary/aromatic N) is 1. The number of ether oxygens (including phenoxy) is 4. The van der Waals surface area contributed by atoms with E-state index in [1.54, 1.807) is 6.07 Å². The summed E-state index contributed by atoms with van der Waals surface area (Å²) in [5.74, 6) is 0.820. The van der Waals surface area contributed by atoms with Crippen LogP contribution in [-0.2, 0) is 11.3 Å². The van der Waals surface area contributed by atoms with E-state index in [9.17, 15) is 9.59 Å². The van der Waals surface area contributed by atoms with Gasteiger partial charge in [-0.05, 0) is 12.0 Å². The van der Waals surface area contributed by atoms with Crippen molar-refractivity contribution in [3.05, 3.63) is 47.5 Å². The first-order valence-electron chi connectivity index (χ1n) is 8.95. The van der Waals surface area contributed by atoms with E-state index in [4.69, 9.17) is 18.9 Å². The van der Waals surface area contributed by atoms with E-state index in [0.717, 1.165) is 5.56 Å². The molecule has 1 heterocycles. The Kier molecular flexibility index (Phi) is 6.03. The zero-order valence-electron chi connectivity index (χ0n) is 16.2. The molecule has 0 N–H and O–H groups in total. The lowest BCUT2D eigenvalue weighted by Crippen LogP contribution is -2.32. The molecule has 0 unspecified atom stereocenters. The topological polar surface area (TPSA) is 74.3 Å². The van der Waals surface area contributed by atoms with Crippen molar-refractivity contribution in [2.24, 2.45) is 0 Å². The van der Waals surface area contributed by atoms with Gasteiger partial charge in [0.05, 0.1) is 32.6 Å². The van der Waals surface area contributed by atoms with E-state index in [-0.39, 0.29) is 18.1 Å². The zero-order chi connectivity index (χ0) is 20.1. The summed E-state index contributed by atoms with van der Waals surface area (Å²) in [4.78, 5) is 27.0. The van der Waals surface area contributed by atoms with Crippen molar-refractivity contribution in [3.63, 3.8) is 0 Å². The number of anilines is 1. The lowest BCUT2D eigenvalue weighted by Gasteiger charge is -2.24. The van der Waals surface area contributed by atoms with Crippen LogP contribution in [0.25, 0.3) is 0 Å². The number of rotatable bonds is 5. The minimum Gasteiger partial charge on any atom is -0.493 e. The molecule has 148 valence electrons. The summed E-state index contributed by atoms with van der Waals surface area (Å²) in [6.07, 6.45) is 0.275. The van der Waals surface area contributed by atoms with Crippen LogP contribution in [0.3, 0.4) is 0 Å². The van der Waals surface area contributed by atoms with Gasteiger partial charge in [-0.1, -0.05) is 30.3 Å². The van der Waals surface area contributed by atoms with Crippen molar-refractivity contribution in [2.75, 3.05) is 32.8 Å². The van der Waals surface area contributed by atoms with Gasteiger partial charge in [0, 0.05) is 19.0 Å². The number of carbonyl (C=O) groups excluding carboxylic acids is 2. The van der Waals surface area contributed by atoms with E-state index in [1.807, 2.05) is 30.3 Å². The molecule has 2 aromatic rings. The van der Waals surface area contributed by atoms with Crippen LogP contribution < -0.4 is 19.1 Å². The highest BCUT2D eigenvalue weighted by Gasteiger charge is 2.33. The molecular weight excluding hydrogens is 362 g/mol. The smallest absolute Gasteiger partial charge is 0.414 e. The van der Waals surface area contributed by atoms with Crippen LogP contribution in [0.2, 0.25) is 0 Å². The van der Waals surface area contributed by atoms with Gasteiger partial charge >= 0.3 is 6.09 Å². The highest BCUT2D eigenvalue weighted by atomic mass is 16.6. The van der Waals surface area contributed by atoms with E-state index in [2.05, 4.69) is 0 Å². The Bertz CT molecular complexity index is 865. The third kappa shape index (κ3) is 3.74. The molecule has 0 saturated heterocycles. The fraction of sp³-hybridized carbons (Fsp3) is 0.333. The SMILES string of the molecule is COc1cc2c(c(OC)c1OC)C(=O)CCCN2C(=O)OCc1ccccc1. The maximum Gasteiger partial charge on any atom is 0.414 e. The molecule has 0 aliphatic carbocycles. The lowest BCUT2D eigenvalue weighted by molar-refractivity contribution is 0.0980. The monoisotopic (exact) mass is 385 g/mol. The molecule has 0 saturated carbocycles. The molecule has 2 aromatic carbocycles. The van der Waals surface area contributed by atoms with Gasteiger partial charge in [-0.2, -0.15) is 0 Å². The number of carbonyl (C=O) groups is 2. The largest absolute Gasteiger partial charge is 0.493 e. The van der Waals surface area contributed by atoms with Crippen LogP contribution >= 0.6 is 0 Å². The molecule has 0 bridgehead atoms. The molecule has 0 atom stereocenters. The van der Waals surface area contributed by atoms with Crippen molar-refractivity contribution in [2.45, 2.75) is 19.4 Å². The summed E-state index contributed by atoms with van der Waals surface area (Å²) in [5.41, 5.74) is 1.58. The molecule has 1 amide bonds. The van der Waals surface area contributed by atoms with Gasteiger partial charge in [-0.3, -0.25) is 9.69 Å². The van der Waals surface area contributed by atoms with Crippen LogP contribution in [0, 0.1) is 0 Å². The Morgan fingerprint density at radius 1 is 1.04 bits per heavy atom. The maximum atomic E-state index is 12.8. The van der Waals surface area contributed by atoms with Crippen LogP contribution in [0.4, 0.5) is 10.5 Å². The summed E-state index contributed by atoms with van der Waals surface area (Å²) < 4.78 is 21.7. The minimum atomic E-state index is -0.533. The summed E-state index contributed by atoms with van der Waals surface area (Å²) in [6, 6.07) is 11.0. The summed E-state index contributed by atoms with van der Waals surface area (Å²) in [5, 5.41) is 0. The molecular formula is C21H23NO6. The number of hydrogen-bond donors (Lipinski definition) is 0. The second-order valence-electron chi connectivity index (χ2n) is 6.26. The Balaban J connectivity index is 1.99. The quantitative estimate of drug-likeness (QED) is 0.779. The minimum absolute atomic E-state index is 0.119. The molecule has 7 heteroatoms. The van der Waals surface area contributed by atoms with Crippen molar-refractivity contribution in [3.8, 4) is 17.2 Å². The average molecular weight is 385 g/mol. The van der Waals surface area contributed by atoms with Gasteiger partial charge in [-0.25, -0.2) is 4.79 Å².